The van der Waals surface area contributed by atoms with Gasteiger partial charge in [-0.05, 0) is 66.8 Å². The summed E-state index contributed by atoms with van der Waals surface area (Å²) < 4.78 is 5.84. The maximum absolute atomic E-state index is 13.6. The van der Waals surface area contributed by atoms with E-state index in [1.807, 2.05) is 12.1 Å². The number of para-hydroxylation sites is 2. The molecule has 0 bridgehead atoms. The maximum atomic E-state index is 13.6. The van der Waals surface area contributed by atoms with Gasteiger partial charge in [0.15, 0.2) is 5.11 Å². The van der Waals surface area contributed by atoms with Gasteiger partial charge in [-0.15, -0.1) is 0 Å². The molecule has 2 amide bonds. The number of hydrogen-bond acceptors (Lipinski definition) is 6. The van der Waals surface area contributed by atoms with Crippen LogP contribution < -0.4 is 9.80 Å². The van der Waals surface area contributed by atoms with Crippen LogP contribution in [0.1, 0.15) is 5.76 Å². The van der Waals surface area contributed by atoms with E-state index >= 15 is 0 Å². The van der Waals surface area contributed by atoms with Crippen LogP contribution in [0.4, 0.5) is 17.1 Å². The highest BCUT2D eigenvalue weighted by Crippen LogP contribution is 2.33. The summed E-state index contributed by atoms with van der Waals surface area (Å²) >= 11 is 11.5. The zero-order valence-electron chi connectivity index (χ0n) is 18.9. The first-order valence-electron chi connectivity index (χ1n) is 10.9. The van der Waals surface area contributed by atoms with Gasteiger partial charge in [0.1, 0.15) is 22.1 Å². The summed E-state index contributed by atoms with van der Waals surface area (Å²) in [6.45, 7) is 0. The lowest BCUT2D eigenvalue weighted by Gasteiger charge is -2.36. The molecule has 5 rings (SSSR count). The minimum Gasteiger partial charge on any atom is -0.457 e. The quantitative estimate of drug-likeness (QED) is 0.0995. The molecule has 0 spiro atoms. The molecule has 0 atom stereocenters. The molecular weight excluding hydrogens is 514 g/mol. The molecule has 1 aromatic heterocycles. The van der Waals surface area contributed by atoms with Crippen molar-refractivity contribution >= 4 is 63.9 Å². The smallest absolute Gasteiger partial charge is 0.288 e. The molecule has 0 radical (unpaired) electrons. The van der Waals surface area contributed by atoms with Gasteiger partial charge in [-0.25, -0.2) is 0 Å². The number of nitro groups is 1. The summed E-state index contributed by atoms with van der Waals surface area (Å²) in [4.78, 5) is 40.4. The third-order valence-corrected chi connectivity index (χ3v) is 6.30. The number of halogens is 1. The van der Waals surface area contributed by atoms with Crippen LogP contribution in [0.2, 0.25) is 5.02 Å². The Labute approximate surface area is 221 Å². The first kappa shape index (κ1) is 24.1. The van der Waals surface area contributed by atoms with Crippen molar-refractivity contribution in [2.24, 2.45) is 0 Å². The second-order valence-electron chi connectivity index (χ2n) is 7.92. The number of carbonyl (C=O) groups excluding carboxylic acids is 2. The molecule has 0 saturated carbocycles. The minimum atomic E-state index is -0.603. The molecule has 0 unspecified atom stereocenters. The Kier molecular flexibility index (Phi) is 6.39. The van der Waals surface area contributed by atoms with Gasteiger partial charge in [0.25, 0.3) is 17.5 Å². The number of hydrogen-bond donors (Lipinski definition) is 0. The standard InChI is InChI=1S/C27H16ClN3O5S/c28-22-13-11-17(15-23(22)31(34)35)24-14-12-20(36-24)16-21-25(32)29(18-7-3-1-4-8-18)27(37)30(26(21)33)19-9-5-2-6-10-19/h1-16H. The van der Waals surface area contributed by atoms with Gasteiger partial charge < -0.3 is 4.42 Å². The summed E-state index contributed by atoms with van der Waals surface area (Å²) in [6, 6.07) is 25.0. The lowest BCUT2D eigenvalue weighted by atomic mass is 10.1. The van der Waals surface area contributed by atoms with Crippen LogP contribution in [-0.4, -0.2) is 21.9 Å². The highest BCUT2D eigenvalue weighted by molar-refractivity contribution is 7.81. The van der Waals surface area contributed by atoms with Crippen molar-refractivity contribution in [1.82, 2.24) is 0 Å². The minimum absolute atomic E-state index is 0.000905. The van der Waals surface area contributed by atoms with Crippen LogP contribution in [-0.2, 0) is 9.59 Å². The fourth-order valence-corrected chi connectivity index (χ4v) is 4.44. The number of anilines is 2. The van der Waals surface area contributed by atoms with Crippen molar-refractivity contribution in [3.8, 4) is 11.3 Å². The monoisotopic (exact) mass is 529 g/mol. The van der Waals surface area contributed by atoms with E-state index in [0.29, 0.717) is 22.7 Å². The van der Waals surface area contributed by atoms with E-state index in [-0.39, 0.29) is 27.2 Å². The lowest BCUT2D eigenvalue weighted by molar-refractivity contribution is -0.384. The van der Waals surface area contributed by atoms with Gasteiger partial charge in [-0.1, -0.05) is 48.0 Å². The Balaban J connectivity index is 1.57. The third-order valence-electron chi connectivity index (χ3n) is 5.62. The van der Waals surface area contributed by atoms with Crippen LogP contribution in [0.3, 0.4) is 0 Å². The van der Waals surface area contributed by atoms with Crippen molar-refractivity contribution in [3.63, 3.8) is 0 Å². The zero-order valence-corrected chi connectivity index (χ0v) is 20.5. The number of carbonyl (C=O) groups is 2. The second-order valence-corrected chi connectivity index (χ2v) is 8.69. The largest absolute Gasteiger partial charge is 0.457 e. The van der Waals surface area contributed by atoms with Gasteiger partial charge in [-0.3, -0.25) is 29.5 Å². The molecule has 1 aliphatic heterocycles. The van der Waals surface area contributed by atoms with Crippen molar-refractivity contribution < 1.29 is 18.9 Å². The molecule has 0 aliphatic carbocycles. The van der Waals surface area contributed by atoms with Gasteiger partial charge >= 0.3 is 0 Å². The summed E-state index contributed by atoms with van der Waals surface area (Å²) in [5, 5.41) is 11.3. The number of rotatable bonds is 5. The van der Waals surface area contributed by atoms with E-state index in [1.165, 1.54) is 28.0 Å². The van der Waals surface area contributed by atoms with Crippen LogP contribution in [0.25, 0.3) is 17.4 Å². The molecule has 10 heteroatoms. The molecule has 2 heterocycles. The number of thiocarbonyl (C=S) groups is 1. The highest BCUT2D eigenvalue weighted by atomic mass is 35.5. The lowest BCUT2D eigenvalue weighted by Crippen LogP contribution is -2.56. The second kappa shape index (κ2) is 9.81. The van der Waals surface area contributed by atoms with Gasteiger partial charge in [0.2, 0.25) is 0 Å². The van der Waals surface area contributed by atoms with E-state index in [0.717, 1.165) is 0 Å². The SMILES string of the molecule is O=C1C(=Cc2ccc(-c3ccc(Cl)c([N+](=O)[O-])c3)o2)C(=O)N(c2ccccc2)C(=S)N1c1ccccc1. The third kappa shape index (κ3) is 4.53. The normalized spacial score (nSPS) is 13.8. The van der Waals surface area contributed by atoms with Gasteiger partial charge in [0, 0.05) is 11.6 Å². The first-order valence-corrected chi connectivity index (χ1v) is 11.7. The number of furan rings is 1. The van der Waals surface area contributed by atoms with Gasteiger partial charge in [-0.2, -0.15) is 0 Å². The molecule has 182 valence electrons. The molecule has 37 heavy (non-hydrogen) atoms. The van der Waals surface area contributed by atoms with E-state index in [9.17, 15) is 19.7 Å². The number of amides is 2. The van der Waals surface area contributed by atoms with E-state index in [2.05, 4.69) is 0 Å². The topological polar surface area (TPSA) is 96.9 Å². The molecule has 1 aliphatic rings. The zero-order chi connectivity index (χ0) is 26.1. The molecule has 0 N–H and O–H groups in total. The van der Waals surface area contributed by atoms with Crippen molar-refractivity contribution in [3.05, 3.63) is 117 Å². The average molecular weight is 530 g/mol. The summed E-state index contributed by atoms with van der Waals surface area (Å²) in [5.74, 6) is -0.697. The van der Waals surface area contributed by atoms with Crippen LogP contribution in [0.5, 0.6) is 0 Å². The Morgan fingerprint density at radius 1 is 0.838 bits per heavy atom. The number of nitro benzene ring substituents is 1. The average Bonchev–Trinajstić information content (AvgIpc) is 3.37. The molecule has 4 aromatic rings. The molecule has 1 fully saturated rings. The van der Waals surface area contributed by atoms with E-state index in [1.54, 1.807) is 66.7 Å². The molecule has 8 nitrogen and oxygen atoms in total. The Bertz CT molecular complexity index is 1520. The number of nitrogens with zero attached hydrogens (tertiary/aromatic N) is 3. The van der Waals surface area contributed by atoms with E-state index < -0.39 is 16.7 Å². The predicted molar refractivity (Wildman–Crippen MR) is 144 cm³/mol. The van der Waals surface area contributed by atoms with E-state index in [4.69, 9.17) is 28.2 Å². The van der Waals surface area contributed by atoms with Crippen molar-refractivity contribution in [1.29, 1.82) is 0 Å². The summed E-state index contributed by atoms with van der Waals surface area (Å²) in [6.07, 6.45) is 1.34. The molecular formula is C27H16ClN3O5S. The van der Waals surface area contributed by atoms with Crippen LogP contribution in [0.15, 0.2) is 101 Å². The summed E-state index contributed by atoms with van der Waals surface area (Å²) in [7, 11) is 0. The van der Waals surface area contributed by atoms with Crippen LogP contribution in [0, 0.1) is 10.1 Å². The van der Waals surface area contributed by atoms with Crippen molar-refractivity contribution in [2.45, 2.75) is 0 Å². The first-order chi connectivity index (χ1) is 17.8. The number of benzene rings is 3. The summed E-state index contributed by atoms with van der Waals surface area (Å²) in [5.41, 5.74) is 0.999. The highest BCUT2D eigenvalue weighted by Gasteiger charge is 2.41. The van der Waals surface area contributed by atoms with Gasteiger partial charge in [0.05, 0.1) is 16.3 Å². The van der Waals surface area contributed by atoms with Crippen LogP contribution >= 0.6 is 23.8 Å². The Hall–Kier alpha value is -4.60. The fraction of sp³-hybridized carbons (Fsp3) is 0. The Morgan fingerprint density at radius 3 is 1.95 bits per heavy atom. The molecule has 3 aromatic carbocycles. The Morgan fingerprint density at radius 2 is 1.41 bits per heavy atom. The maximum Gasteiger partial charge on any atom is 0.288 e. The van der Waals surface area contributed by atoms with Crippen molar-refractivity contribution in [2.75, 3.05) is 9.80 Å². The molecule has 1 saturated heterocycles. The fourth-order valence-electron chi connectivity index (χ4n) is 3.87. The predicted octanol–water partition coefficient (Wildman–Crippen LogP) is 6.26.